The van der Waals surface area contributed by atoms with Crippen LogP contribution in [0.3, 0.4) is 0 Å². The van der Waals surface area contributed by atoms with Gasteiger partial charge in [-0.1, -0.05) is 18.2 Å². The summed E-state index contributed by atoms with van der Waals surface area (Å²) in [5, 5.41) is 3.83. The van der Waals surface area contributed by atoms with Gasteiger partial charge in [0.25, 0.3) is 0 Å². The minimum absolute atomic E-state index is 0.110. The second kappa shape index (κ2) is 7.46. The highest BCUT2D eigenvalue weighted by atomic mass is 16.5. The molecule has 5 heteroatoms. The fourth-order valence-corrected chi connectivity index (χ4v) is 2.42. The van der Waals surface area contributed by atoms with E-state index in [2.05, 4.69) is 10.3 Å². The van der Waals surface area contributed by atoms with Gasteiger partial charge in [0.2, 0.25) is 5.91 Å². The van der Waals surface area contributed by atoms with Crippen molar-refractivity contribution in [2.75, 3.05) is 19.0 Å². The Morgan fingerprint density at radius 1 is 1.04 bits per heavy atom. The van der Waals surface area contributed by atoms with Gasteiger partial charge in [-0.25, -0.2) is 0 Å². The lowest BCUT2D eigenvalue weighted by Gasteiger charge is -2.11. The third-order valence-corrected chi connectivity index (χ3v) is 3.58. The minimum Gasteiger partial charge on any atom is -0.493 e. The molecule has 0 aliphatic carbocycles. The van der Waals surface area contributed by atoms with Crippen LogP contribution in [-0.2, 0) is 4.79 Å². The van der Waals surface area contributed by atoms with E-state index in [1.165, 1.54) is 0 Å². The van der Waals surface area contributed by atoms with Crippen molar-refractivity contribution in [2.45, 2.75) is 6.42 Å². The van der Waals surface area contributed by atoms with Crippen molar-refractivity contribution in [1.29, 1.82) is 0 Å². The van der Waals surface area contributed by atoms with Gasteiger partial charge < -0.3 is 14.8 Å². The van der Waals surface area contributed by atoms with E-state index in [1.807, 2.05) is 54.6 Å². The predicted octanol–water partition coefficient (Wildman–Crippen LogP) is 3.65. The number of rotatable bonds is 6. The van der Waals surface area contributed by atoms with Crippen molar-refractivity contribution in [1.82, 2.24) is 4.98 Å². The number of pyridine rings is 1. The Kier molecular flexibility index (Phi) is 4.91. The Labute approximate surface area is 140 Å². The molecule has 0 saturated carbocycles. The van der Waals surface area contributed by atoms with Crippen LogP contribution in [-0.4, -0.2) is 24.6 Å². The highest BCUT2D eigenvalue weighted by Gasteiger charge is 2.08. The number of hydrogen-bond donors (Lipinski definition) is 1. The van der Waals surface area contributed by atoms with E-state index in [0.29, 0.717) is 11.5 Å². The zero-order valence-electron chi connectivity index (χ0n) is 13.4. The summed E-state index contributed by atoms with van der Waals surface area (Å²) in [5.74, 6) is 1.17. The largest absolute Gasteiger partial charge is 0.493 e. The molecule has 0 aliphatic rings. The molecule has 1 amide bonds. The summed E-state index contributed by atoms with van der Waals surface area (Å²) >= 11 is 0. The molecule has 1 N–H and O–H groups in total. The van der Waals surface area contributed by atoms with Gasteiger partial charge in [-0.3, -0.25) is 9.78 Å². The standard InChI is InChI=1S/C19H18N2O3/c1-23-17-9-2-3-10-18(17)24-13-11-19(22)21-16-8-4-7-15-14(16)6-5-12-20-15/h2-10,12H,11,13H2,1H3,(H,21,22). The summed E-state index contributed by atoms with van der Waals surface area (Å²) in [6.45, 7) is 0.273. The summed E-state index contributed by atoms with van der Waals surface area (Å²) in [7, 11) is 1.59. The summed E-state index contributed by atoms with van der Waals surface area (Å²) in [4.78, 5) is 16.4. The average molecular weight is 322 g/mol. The maximum Gasteiger partial charge on any atom is 0.227 e. The summed E-state index contributed by atoms with van der Waals surface area (Å²) < 4.78 is 10.8. The normalized spacial score (nSPS) is 10.4. The molecule has 0 radical (unpaired) electrons. The van der Waals surface area contributed by atoms with E-state index in [-0.39, 0.29) is 18.9 Å². The highest BCUT2D eigenvalue weighted by molar-refractivity contribution is 6.00. The van der Waals surface area contributed by atoms with Crippen molar-refractivity contribution < 1.29 is 14.3 Å². The Balaban J connectivity index is 1.59. The number of nitrogens with zero attached hydrogens (tertiary/aromatic N) is 1. The van der Waals surface area contributed by atoms with Crippen LogP contribution in [0.15, 0.2) is 60.8 Å². The van der Waals surface area contributed by atoms with Crippen LogP contribution < -0.4 is 14.8 Å². The fourth-order valence-electron chi connectivity index (χ4n) is 2.42. The number of carbonyl (C=O) groups is 1. The van der Waals surface area contributed by atoms with Crippen molar-refractivity contribution in [3.63, 3.8) is 0 Å². The first-order valence-corrected chi connectivity index (χ1v) is 7.67. The van der Waals surface area contributed by atoms with E-state index < -0.39 is 0 Å². The number of nitrogens with one attached hydrogen (secondary N) is 1. The molecule has 0 atom stereocenters. The molecule has 1 aromatic heterocycles. The smallest absolute Gasteiger partial charge is 0.227 e. The van der Waals surface area contributed by atoms with Gasteiger partial charge >= 0.3 is 0 Å². The van der Waals surface area contributed by atoms with Crippen LogP contribution in [0.2, 0.25) is 0 Å². The molecule has 0 saturated heterocycles. The predicted molar refractivity (Wildman–Crippen MR) is 93.5 cm³/mol. The molecule has 3 rings (SSSR count). The number of amides is 1. The van der Waals surface area contributed by atoms with Crippen LogP contribution in [0, 0.1) is 0 Å². The van der Waals surface area contributed by atoms with E-state index in [0.717, 1.165) is 16.6 Å². The third kappa shape index (κ3) is 3.63. The monoisotopic (exact) mass is 322 g/mol. The molecule has 5 nitrogen and oxygen atoms in total. The number of hydrogen-bond acceptors (Lipinski definition) is 4. The zero-order valence-corrected chi connectivity index (χ0v) is 13.4. The lowest BCUT2D eigenvalue weighted by atomic mass is 10.2. The minimum atomic E-state index is -0.110. The second-order valence-electron chi connectivity index (χ2n) is 5.17. The Hall–Kier alpha value is -3.08. The zero-order chi connectivity index (χ0) is 16.8. The summed E-state index contributed by atoms with van der Waals surface area (Å²) in [6.07, 6.45) is 1.98. The van der Waals surface area contributed by atoms with Gasteiger partial charge in [0.1, 0.15) is 0 Å². The molecule has 1 heterocycles. The number of fused-ring (bicyclic) bond motifs is 1. The topological polar surface area (TPSA) is 60.5 Å². The molecule has 2 aromatic carbocycles. The second-order valence-corrected chi connectivity index (χ2v) is 5.17. The van der Waals surface area contributed by atoms with Gasteiger partial charge in [0.15, 0.2) is 11.5 Å². The van der Waals surface area contributed by atoms with Crippen LogP contribution in [0.5, 0.6) is 11.5 Å². The summed E-state index contributed by atoms with van der Waals surface area (Å²) in [5.41, 5.74) is 1.60. The number of methoxy groups -OCH3 is 1. The third-order valence-electron chi connectivity index (χ3n) is 3.58. The number of anilines is 1. The molecule has 0 fully saturated rings. The van der Waals surface area contributed by atoms with Crippen molar-refractivity contribution in [3.05, 3.63) is 60.8 Å². The van der Waals surface area contributed by atoms with Crippen LogP contribution in [0.25, 0.3) is 10.9 Å². The highest BCUT2D eigenvalue weighted by Crippen LogP contribution is 2.26. The Morgan fingerprint density at radius 2 is 1.88 bits per heavy atom. The molecule has 122 valence electrons. The van der Waals surface area contributed by atoms with E-state index in [4.69, 9.17) is 9.47 Å². The molecule has 24 heavy (non-hydrogen) atoms. The molecular weight excluding hydrogens is 304 g/mol. The lowest BCUT2D eigenvalue weighted by molar-refractivity contribution is -0.116. The lowest BCUT2D eigenvalue weighted by Crippen LogP contribution is -2.15. The molecular formula is C19H18N2O3. The van der Waals surface area contributed by atoms with Crippen LogP contribution >= 0.6 is 0 Å². The molecule has 0 spiro atoms. The number of para-hydroxylation sites is 2. The first-order valence-electron chi connectivity index (χ1n) is 7.67. The van der Waals surface area contributed by atoms with E-state index >= 15 is 0 Å². The quantitative estimate of drug-likeness (QED) is 0.752. The first-order chi connectivity index (χ1) is 11.8. The molecule has 0 aliphatic heterocycles. The Bertz CT molecular complexity index is 843. The average Bonchev–Trinajstić information content (AvgIpc) is 2.62. The Morgan fingerprint density at radius 3 is 2.71 bits per heavy atom. The number of carbonyl (C=O) groups excluding carboxylic acids is 1. The molecule has 0 unspecified atom stereocenters. The SMILES string of the molecule is COc1ccccc1OCCC(=O)Nc1cccc2ncccc12. The van der Waals surface area contributed by atoms with Gasteiger partial charge in [0.05, 0.1) is 31.3 Å². The van der Waals surface area contributed by atoms with Gasteiger partial charge in [-0.05, 0) is 36.4 Å². The van der Waals surface area contributed by atoms with Gasteiger partial charge in [-0.2, -0.15) is 0 Å². The van der Waals surface area contributed by atoms with Gasteiger partial charge in [-0.15, -0.1) is 0 Å². The maximum atomic E-state index is 12.2. The maximum absolute atomic E-state index is 12.2. The number of benzene rings is 2. The molecule has 3 aromatic rings. The first kappa shape index (κ1) is 15.8. The van der Waals surface area contributed by atoms with Crippen LogP contribution in [0.4, 0.5) is 5.69 Å². The number of ether oxygens (including phenoxy) is 2. The summed E-state index contributed by atoms with van der Waals surface area (Å²) in [6, 6.07) is 16.8. The van der Waals surface area contributed by atoms with Crippen molar-refractivity contribution >= 4 is 22.5 Å². The van der Waals surface area contributed by atoms with E-state index in [9.17, 15) is 4.79 Å². The van der Waals surface area contributed by atoms with E-state index in [1.54, 1.807) is 13.3 Å². The van der Waals surface area contributed by atoms with Crippen molar-refractivity contribution in [3.8, 4) is 11.5 Å². The molecule has 0 bridgehead atoms. The van der Waals surface area contributed by atoms with Gasteiger partial charge in [0, 0.05) is 11.6 Å². The van der Waals surface area contributed by atoms with Crippen LogP contribution in [0.1, 0.15) is 6.42 Å². The number of aromatic nitrogens is 1. The van der Waals surface area contributed by atoms with Crippen molar-refractivity contribution in [2.24, 2.45) is 0 Å². The fraction of sp³-hybridized carbons (Fsp3) is 0.158.